The Morgan fingerprint density at radius 2 is 2.22 bits per heavy atom. The summed E-state index contributed by atoms with van der Waals surface area (Å²) in [5.74, 6) is -2.05. The average Bonchev–Trinajstić information content (AvgIpc) is 2.41. The number of carboxylic acid groups (broad SMARTS) is 1. The molecule has 0 bridgehead atoms. The molecule has 0 saturated carbocycles. The first-order valence-corrected chi connectivity index (χ1v) is 5.90. The second kappa shape index (κ2) is 7.73. The second-order valence-corrected chi connectivity index (χ2v) is 3.77. The van der Waals surface area contributed by atoms with Crippen molar-refractivity contribution in [2.45, 2.75) is 13.3 Å². The van der Waals surface area contributed by atoms with Gasteiger partial charge in [-0.25, -0.2) is 4.39 Å². The molecule has 1 aromatic heterocycles. The minimum absolute atomic E-state index is 0.169. The number of aromatic carboxylic acids is 1. The van der Waals surface area contributed by atoms with Gasteiger partial charge in [0.25, 0.3) is 0 Å². The lowest BCUT2D eigenvalue weighted by Crippen LogP contribution is -2.87. The molecule has 0 spiro atoms. The van der Waals surface area contributed by atoms with E-state index >= 15 is 0 Å². The summed E-state index contributed by atoms with van der Waals surface area (Å²) in [4.78, 5) is 14.0. The number of carbonyl (C=O) groups is 1. The van der Waals surface area contributed by atoms with E-state index in [-0.39, 0.29) is 5.56 Å². The fourth-order valence-corrected chi connectivity index (χ4v) is 1.51. The largest absolute Gasteiger partial charge is 0.545 e. The predicted octanol–water partition coefficient (Wildman–Crippen LogP) is -1.27. The van der Waals surface area contributed by atoms with Gasteiger partial charge in [0.2, 0.25) is 0 Å². The van der Waals surface area contributed by atoms with E-state index in [1.54, 1.807) is 6.92 Å². The molecule has 0 aromatic carbocycles. The minimum atomic E-state index is -1.39. The number of pyridine rings is 1. The number of rotatable bonds is 2. The molecule has 2 rings (SSSR count). The molecule has 0 aliphatic carbocycles. The molecule has 6 heteroatoms. The van der Waals surface area contributed by atoms with E-state index in [9.17, 15) is 14.3 Å². The lowest BCUT2D eigenvalue weighted by molar-refractivity contribution is -0.670. The zero-order valence-corrected chi connectivity index (χ0v) is 10.3. The molecule has 0 unspecified atom stereocenters. The van der Waals surface area contributed by atoms with Crippen LogP contribution in [0.4, 0.5) is 4.39 Å². The van der Waals surface area contributed by atoms with Crippen molar-refractivity contribution in [3.8, 4) is 0 Å². The summed E-state index contributed by atoms with van der Waals surface area (Å²) >= 11 is 0. The number of nitrogens with two attached hydrogens (primary N) is 1. The third kappa shape index (κ3) is 4.77. The number of quaternary nitrogens is 1. The maximum atomic E-state index is 12.5. The highest BCUT2D eigenvalue weighted by Crippen LogP contribution is 2.07. The SMILES string of the molecule is C1COCC[NH2+]1.CCc1ncc(F)cc1C(=O)[O-]. The van der Waals surface area contributed by atoms with Crippen molar-refractivity contribution in [2.75, 3.05) is 26.3 Å². The number of ether oxygens (including phenoxy) is 1. The Morgan fingerprint density at radius 1 is 1.56 bits per heavy atom. The molecule has 0 amide bonds. The number of aromatic nitrogens is 1. The van der Waals surface area contributed by atoms with Crippen molar-refractivity contribution in [1.29, 1.82) is 0 Å². The minimum Gasteiger partial charge on any atom is -0.545 e. The lowest BCUT2D eigenvalue weighted by Gasteiger charge is -2.07. The Morgan fingerprint density at radius 3 is 2.61 bits per heavy atom. The number of halogens is 1. The number of nitrogens with zero attached hydrogens (tertiary/aromatic N) is 1. The molecule has 1 aromatic rings. The van der Waals surface area contributed by atoms with E-state index in [0.29, 0.717) is 12.1 Å². The molecule has 2 N–H and O–H groups in total. The highest BCUT2D eigenvalue weighted by Gasteiger charge is 2.04. The van der Waals surface area contributed by atoms with Gasteiger partial charge in [0.15, 0.2) is 0 Å². The van der Waals surface area contributed by atoms with Crippen molar-refractivity contribution in [3.63, 3.8) is 0 Å². The highest BCUT2D eigenvalue weighted by atomic mass is 19.1. The van der Waals surface area contributed by atoms with E-state index < -0.39 is 11.8 Å². The molecular formula is C12H17FN2O3. The van der Waals surface area contributed by atoms with E-state index in [1.165, 1.54) is 0 Å². The van der Waals surface area contributed by atoms with Gasteiger partial charge in [-0.3, -0.25) is 4.98 Å². The molecule has 1 fully saturated rings. The van der Waals surface area contributed by atoms with Crippen molar-refractivity contribution in [3.05, 3.63) is 29.3 Å². The van der Waals surface area contributed by atoms with Crippen LogP contribution < -0.4 is 10.4 Å². The summed E-state index contributed by atoms with van der Waals surface area (Å²) in [5.41, 5.74) is 0.175. The molecule has 100 valence electrons. The van der Waals surface area contributed by atoms with E-state index in [1.807, 2.05) is 0 Å². The Kier molecular flexibility index (Phi) is 6.24. The van der Waals surface area contributed by atoms with Crippen LogP contribution in [0, 0.1) is 5.82 Å². The Balaban J connectivity index is 0.000000225. The molecule has 5 nitrogen and oxygen atoms in total. The van der Waals surface area contributed by atoms with Crippen LogP contribution >= 0.6 is 0 Å². The number of carbonyl (C=O) groups excluding carboxylic acids is 1. The molecule has 0 atom stereocenters. The smallest absolute Gasteiger partial charge is 0.142 e. The van der Waals surface area contributed by atoms with Gasteiger partial charge in [-0.1, -0.05) is 6.92 Å². The van der Waals surface area contributed by atoms with E-state index in [4.69, 9.17) is 4.74 Å². The number of carboxylic acids is 1. The maximum Gasteiger partial charge on any atom is 0.142 e. The van der Waals surface area contributed by atoms with Crippen molar-refractivity contribution in [1.82, 2.24) is 4.98 Å². The fourth-order valence-electron chi connectivity index (χ4n) is 1.51. The first kappa shape index (κ1) is 14.5. The summed E-state index contributed by atoms with van der Waals surface area (Å²) in [5, 5.41) is 12.7. The predicted molar refractivity (Wildman–Crippen MR) is 60.4 cm³/mol. The molecule has 0 radical (unpaired) electrons. The van der Waals surface area contributed by atoms with Crippen molar-refractivity contribution >= 4 is 5.97 Å². The van der Waals surface area contributed by atoms with Crippen LogP contribution in [0.1, 0.15) is 23.0 Å². The Labute approximate surface area is 105 Å². The molecule has 18 heavy (non-hydrogen) atoms. The second-order valence-electron chi connectivity index (χ2n) is 3.77. The molecular weight excluding hydrogens is 239 g/mol. The Hall–Kier alpha value is -1.53. The summed E-state index contributed by atoms with van der Waals surface area (Å²) in [7, 11) is 0. The highest BCUT2D eigenvalue weighted by molar-refractivity contribution is 5.86. The number of morpholine rings is 1. The van der Waals surface area contributed by atoms with Gasteiger partial charge in [0.1, 0.15) is 5.82 Å². The van der Waals surface area contributed by atoms with E-state index in [2.05, 4.69) is 10.3 Å². The van der Waals surface area contributed by atoms with Gasteiger partial charge in [0, 0.05) is 11.3 Å². The van der Waals surface area contributed by atoms with Gasteiger partial charge in [-0.15, -0.1) is 0 Å². The first-order valence-electron chi connectivity index (χ1n) is 5.90. The van der Waals surface area contributed by atoms with Crippen LogP contribution in [0.2, 0.25) is 0 Å². The Bertz CT molecular complexity index is 383. The van der Waals surface area contributed by atoms with Crippen LogP contribution in [0.15, 0.2) is 12.3 Å². The van der Waals surface area contributed by atoms with Gasteiger partial charge in [-0.05, 0) is 12.5 Å². The van der Waals surface area contributed by atoms with Crippen LogP contribution in [0.25, 0.3) is 0 Å². The third-order valence-corrected chi connectivity index (χ3v) is 2.42. The van der Waals surface area contributed by atoms with Crippen molar-refractivity contribution in [2.24, 2.45) is 0 Å². The maximum absolute atomic E-state index is 12.5. The molecule has 2 heterocycles. The zero-order chi connectivity index (χ0) is 13.4. The summed E-state index contributed by atoms with van der Waals surface area (Å²) in [6, 6.07) is 0.918. The lowest BCUT2D eigenvalue weighted by atomic mass is 10.1. The summed E-state index contributed by atoms with van der Waals surface area (Å²) in [6.45, 7) is 5.94. The monoisotopic (exact) mass is 256 g/mol. The molecule has 1 saturated heterocycles. The van der Waals surface area contributed by atoms with Crippen LogP contribution in [0.3, 0.4) is 0 Å². The number of hydrogen-bond donors (Lipinski definition) is 1. The molecule has 1 aliphatic heterocycles. The van der Waals surface area contributed by atoms with Crippen molar-refractivity contribution < 1.29 is 24.3 Å². The van der Waals surface area contributed by atoms with Crippen LogP contribution in [-0.4, -0.2) is 37.3 Å². The van der Waals surface area contributed by atoms with Gasteiger partial charge in [-0.2, -0.15) is 0 Å². The summed E-state index contributed by atoms with van der Waals surface area (Å²) < 4.78 is 17.5. The van der Waals surface area contributed by atoms with Gasteiger partial charge < -0.3 is 20.0 Å². The topological polar surface area (TPSA) is 78.9 Å². The normalized spacial score (nSPS) is 14.6. The first-order chi connectivity index (χ1) is 8.65. The quantitative estimate of drug-likeness (QED) is 0.715. The zero-order valence-electron chi connectivity index (χ0n) is 10.3. The van der Waals surface area contributed by atoms with Crippen LogP contribution in [-0.2, 0) is 11.2 Å². The fraction of sp³-hybridized carbons (Fsp3) is 0.500. The van der Waals surface area contributed by atoms with Crippen LogP contribution in [0.5, 0.6) is 0 Å². The van der Waals surface area contributed by atoms with E-state index in [0.717, 1.165) is 38.6 Å². The number of aryl methyl sites for hydroxylation is 1. The number of hydrogen-bond acceptors (Lipinski definition) is 4. The standard InChI is InChI=1S/C8H8FNO2.C4H9NO/c1-2-7-6(8(11)12)3-5(9)4-10-7;1-3-6-4-2-5-1/h3-4H,2H2,1H3,(H,11,12);5H,1-4H2. The summed E-state index contributed by atoms with van der Waals surface area (Å²) in [6.07, 6.45) is 1.44. The average molecular weight is 256 g/mol. The van der Waals surface area contributed by atoms with Gasteiger partial charge in [0.05, 0.1) is 38.5 Å². The third-order valence-electron chi connectivity index (χ3n) is 2.42. The molecule has 1 aliphatic rings. The van der Waals surface area contributed by atoms with Gasteiger partial charge >= 0.3 is 0 Å².